The van der Waals surface area contributed by atoms with E-state index in [1.807, 2.05) is 18.2 Å². The summed E-state index contributed by atoms with van der Waals surface area (Å²) >= 11 is 0.976. The van der Waals surface area contributed by atoms with Gasteiger partial charge in [-0.2, -0.15) is 0 Å². The molecule has 0 saturated carbocycles. The number of amides is 2. The maximum absolute atomic E-state index is 13.6. The molecule has 0 aliphatic carbocycles. The van der Waals surface area contributed by atoms with Crippen molar-refractivity contribution in [3.8, 4) is 0 Å². The fourth-order valence-electron chi connectivity index (χ4n) is 1.85. The zero-order valence-corrected chi connectivity index (χ0v) is 12.7. The van der Waals surface area contributed by atoms with Crippen molar-refractivity contribution >= 4 is 23.5 Å². The summed E-state index contributed by atoms with van der Waals surface area (Å²) in [5.41, 5.74) is 0.923. The number of thioether (sulfide) groups is 1. The molecule has 0 unspecified atom stereocenters. The highest BCUT2D eigenvalue weighted by molar-refractivity contribution is 7.98. The van der Waals surface area contributed by atoms with Gasteiger partial charge in [-0.15, -0.1) is 11.8 Å². The van der Waals surface area contributed by atoms with Crippen LogP contribution in [0.15, 0.2) is 41.4 Å². The molecule has 2 N–H and O–H groups in total. The molecular formula is C15H15F2N3OS. The van der Waals surface area contributed by atoms with Gasteiger partial charge in [0.05, 0.1) is 4.90 Å². The van der Waals surface area contributed by atoms with E-state index in [0.29, 0.717) is 13.0 Å². The molecule has 0 radical (unpaired) electrons. The second-order valence-electron chi connectivity index (χ2n) is 4.43. The Balaban J connectivity index is 1.87. The average molecular weight is 323 g/mol. The number of rotatable bonds is 5. The van der Waals surface area contributed by atoms with Crippen molar-refractivity contribution in [2.45, 2.75) is 11.3 Å². The molecule has 0 bridgehead atoms. The van der Waals surface area contributed by atoms with Crippen LogP contribution in [0.4, 0.5) is 19.3 Å². The summed E-state index contributed by atoms with van der Waals surface area (Å²) in [6, 6.07) is 7.18. The number of benzene rings is 1. The number of nitrogens with one attached hydrogen (secondary N) is 2. The van der Waals surface area contributed by atoms with Gasteiger partial charge in [-0.1, -0.05) is 6.07 Å². The molecule has 22 heavy (non-hydrogen) atoms. The third kappa shape index (κ3) is 4.42. The van der Waals surface area contributed by atoms with Crippen LogP contribution >= 0.6 is 11.8 Å². The van der Waals surface area contributed by atoms with E-state index >= 15 is 0 Å². The molecule has 0 saturated heterocycles. The number of anilines is 1. The van der Waals surface area contributed by atoms with Gasteiger partial charge < -0.3 is 10.6 Å². The smallest absolute Gasteiger partial charge is 0.319 e. The number of nitrogens with zero attached hydrogens (tertiary/aromatic N) is 1. The highest BCUT2D eigenvalue weighted by Gasteiger charge is 2.11. The number of hydrogen-bond acceptors (Lipinski definition) is 3. The van der Waals surface area contributed by atoms with E-state index in [0.717, 1.165) is 29.6 Å². The fraction of sp³-hybridized carbons (Fsp3) is 0.200. The molecule has 0 spiro atoms. The zero-order chi connectivity index (χ0) is 15.9. The van der Waals surface area contributed by atoms with Gasteiger partial charge in [-0.3, -0.25) is 4.98 Å². The van der Waals surface area contributed by atoms with Gasteiger partial charge in [0.1, 0.15) is 11.6 Å². The molecule has 0 aliphatic rings. The van der Waals surface area contributed by atoms with Crippen LogP contribution in [0.3, 0.4) is 0 Å². The van der Waals surface area contributed by atoms with E-state index in [2.05, 4.69) is 15.6 Å². The highest BCUT2D eigenvalue weighted by atomic mass is 32.2. The number of halogens is 2. The van der Waals surface area contributed by atoms with Crippen LogP contribution in [0.5, 0.6) is 0 Å². The van der Waals surface area contributed by atoms with E-state index in [1.54, 1.807) is 12.5 Å². The molecule has 7 heteroatoms. The summed E-state index contributed by atoms with van der Waals surface area (Å²) in [6.45, 7) is 0.372. The van der Waals surface area contributed by atoms with Crippen LogP contribution in [0, 0.1) is 11.6 Å². The Morgan fingerprint density at radius 1 is 1.27 bits per heavy atom. The molecule has 4 nitrogen and oxygen atoms in total. The lowest BCUT2D eigenvalue weighted by molar-refractivity contribution is 0.252. The summed E-state index contributed by atoms with van der Waals surface area (Å²) < 4.78 is 27.2. The van der Waals surface area contributed by atoms with E-state index < -0.39 is 17.7 Å². The molecule has 1 aromatic carbocycles. The molecule has 116 valence electrons. The van der Waals surface area contributed by atoms with Crippen molar-refractivity contribution < 1.29 is 13.6 Å². The van der Waals surface area contributed by atoms with Crippen LogP contribution in [0.1, 0.15) is 5.69 Å². The lowest BCUT2D eigenvalue weighted by Gasteiger charge is -2.09. The first-order chi connectivity index (χ1) is 10.6. The van der Waals surface area contributed by atoms with Crippen molar-refractivity contribution in [1.82, 2.24) is 10.3 Å². The number of carbonyl (C=O) groups is 1. The number of aromatic nitrogens is 1. The third-order valence-corrected chi connectivity index (χ3v) is 3.65. The maximum Gasteiger partial charge on any atom is 0.319 e. The summed E-state index contributed by atoms with van der Waals surface area (Å²) in [5.74, 6) is -1.40. The Morgan fingerprint density at radius 2 is 2.00 bits per heavy atom. The summed E-state index contributed by atoms with van der Waals surface area (Å²) in [6.07, 6.45) is 3.83. The Labute approximate surface area is 131 Å². The molecule has 0 atom stereocenters. The monoisotopic (exact) mass is 323 g/mol. The normalized spacial score (nSPS) is 10.3. The van der Waals surface area contributed by atoms with E-state index in [4.69, 9.17) is 0 Å². The van der Waals surface area contributed by atoms with Crippen LogP contribution in [-0.4, -0.2) is 23.8 Å². The molecule has 2 aromatic rings. The number of pyridine rings is 1. The lowest BCUT2D eigenvalue weighted by Crippen LogP contribution is -2.30. The predicted octanol–water partition coefficient (Wildman–Crippen LogP) is 3.45. The largest absolute Gasteiger partial charge is 0.337 e. The minimum absolute atomic E-state index is 0.0684. The first-order valence-electron chi connectivity index (χ1n) is 6.58. The fourth-order valence-corrected chi connectivity index (χ4v) is 2.36. The van der Waals surface area contributed by atoms with E-state index in [9.17, 15) is 13.6 Å². The molecule has 2 rings (SSSR count). The van der Waals surface area contributed by atoms with Crippen LogP contribution in [-0.2, 0) is 6.42 Å². The topological polar surface area (TPSA) is 54.0 Å². The Morgan fingerprint density at radius 3 is 2.59 bits per heavy atom. The minimum Gasteiger partial charge on any atom is -0.337 e. The van der Waals surface area contributed by atoms with Crippen molar-refractivity contribution in [2.75, 3.05) is 18.1 Å². The van der Waals surface area contributed by atoms with Gasteiger partial charge in [-0.25, -0.2) is 13.6 Å². The molecule has 1 heterocycles. The van der Waals surface area contributed by atoms with Crippen LogP contribution in [0.25, 0.3) is 0 Å². The number of urea groups is 1. The van der Waals surface area contributed by atoms with Gasteiger partial charge in [0, 0.05) is 30.5 Å². The second kappa shape index (κ2) is 7.74. The predicted molar refractivity (Wildman–Crippen MR) is 83.1 cm³/mol. The maximum atomic E-state index is 13.6. The second-order valence-corrected chi connectivity index (χ2v) is 5.24. The van der Waals surface area contributed by atoms with Gasteiger partial charge in [-0.05, 0) is 30.5 Å². The molecular weight excluding hydrogens is 308 g/mol. The molecule has 2 amide bonds. The van der Waals surface area contributed by atoms with Gasteiger partial charge >= 0.3 is 6.03 Å². The Hall–Kier alpha value is -2.15. The minimum atomic E-state index is -0.698. The van der Waals surface area contributed by atoms with Crippen LogP contribution < -0.4 is 10.6 Å². The standard InChI is InChI=1S/C15H15F2N3OS/c1-22-14-12(16)8-11(9-13(14)17)20-15(21)19-7-5-10-4-2-3-6-18-10/h2-4,6,8-9H,5,7H2,1H3,(H2,19,20,21). The molecule has 0 aliphatic heterocycles. The SMILES string of the molecule is CSc1c(F)cc(NC(=O)NCCc2ccccn2)cc1F. The Kier molecular flexibility index (Phi) is 5.71. The van der Waals surface area contributed by atoms with Crippen molar-refractivity contribution in [2.24, 2.45) is 0 Å². The highest BCUT2D eigenvalue weighted by Crippen LogP contribution is 2.26. The molecule has 0 fully saturated rings. The first-order valence-corrected chi connectivity index (χ1v) is 7.80. The average Bonchev–Trinajstić information content (AvgIpc) is 2.48. The zero-order valence-electron chi connectivity index (χ0n) is 11.9. The van der Waals surface area contributed by atoms with Crippen molar-refractivity contribution in [3.63, 3.8) is 0 Å². The lowest BCUT2D eigenvalue weighted by atomic mass is 10.3. The Bertz CT molecular complexity index is 629. The van der Waals surface area contributed by atoms with E-state index in [-0.39, 0.29) is 10.6 Å². The summed E-state index contributed by atoms with van der Waals surface area (Å²) in [5, 5.41) is 5.01. The van der Waals surface area contributed by atoms with Gasteiger partial charge in [0.15, 0.2) is 0 Å². The number of carbonyl (C=O) groups excluding carboxylic acids is 1. The van der Waals surface area contributed by atoms with Gasteiger partial charge in [0.25, 0.3) is 0 Å². The summed E-state index contributed by atoms with van der Waals surface area (Å²) in [4.78, 5) is 15.7. The first kappa shape index (κ1) is 16.2. The van der Waals surface area contributed by atoms with Crippen LogP contribution in [0.2, 0.25) is 0 Å². The van der Waals surface area contributed by atoms with Crippen molar-refractivity contribution in [3.05, 3.63) is 53.9 Å². The van der Waals surface area contributed by atoms with Gasteiger partial charge in [0.2, 0.25) is 0 Å². The third-order valence-electron chi connectivity index (χ3n) is 2.85. The summed E-state index contributed by atoms with van der Waals surface area (Å²) in [7, 11) is 0. The number of hydrogen-bond donors (Lipinski definition) is 2. The molecule has 1 aromatic heterocycles. The van der Waals surface area contributed by atoms with Crippen molar-refractivity contribution in [1.29, 1.82) is 0 Å². The quantitative estimate of drug-likeness (QED) is 0.829. The van der Waals surface area contributed by atoms with E-state index in [1.165, 1.54) is 0 Å².